The molecule has 174 valence electrons. The lowest BCUT2D eigenvalue weighted by Crippen LogP contribution is -2.46. The van der Waals surface area contributed by atoms with Crippen LogP contribution in [0.25, 0.3) is 22.2 Å². The summed E-state index contributed by atoms with van der Waals surface area (Å²) in [6, 6.07) is 13.4. The number of carbonyl (C=O) groups is 2. The predicted octanol–water partition coefficient (Wildman–Crippen LogP) is 6.15. The molecule has 0 bridgehead atoms. The molecule has 3 N–H and O–H groups in total. The summed E-state index contributed by atoms with van der Waals surface area (Å²) in [7, 11) is 0. The SMILES string of the molecule is C=C/C(Cl)=C(\C(=C)Cl)C(=O)NC(Cc1ccc2nc(-c3c(Cl)cccc3Cl)ccc2c1)C(N)=O. The van der Waals surface area contributed by atoms with Gasteiger partial charge in [0.1, 0.15) is 6.04 Å². The number of carbonyl (C=O) groups excluding carboxylic acids is 2. The normalized spacial score (nSPS) is 12.6. The Hall–Kier alpha value is -2.83. The van der Waals surface area contributed by atoms with Crippen molar-refractivity contribution in [2.45, 2.75) is 12.5 Å². The third-order valence-electron chi connectivity index (χ3n) is 4.98. The predicted molar refractivity (Wildman–Crippen MR) is 140 cm³/mol. The molecule has 3 rings (SSSR count). The molecule has 34 heavy (non-hydrogen) atoms. The minimum absolute atomic E-state index is 0.00641. The maximum Gasteiger partial charge on any atom is 0.254 e. The van der Waals surface area contributed by atoms with Gasteiger partial charge < -0.3 is 11.1 Å². The number of nitrogens with two attached hydrogens (primary N) is 1. The van der Waals surface area contributed by atoms with E-state index in [1.165, 1.54) is 6.08 Å². The van der Waals surface area contributed by atoms with E-state index in [4.69, 9.17) is 52.1 Å². The monoisotopic (exact) mass is 533 g/mol. The molecular weight excluding hydrogens is 516 g/mol. The van der Waals surface area contributed by atoms with Crippen LogP contribution in [0.3, 0.4) is 0 Å². The van der Waals surface area contributed by atoms with Gasteiger partial charge in [0.25, 0.3) is 5.91 Å². The van der Waals surface area contributed by atoms with Crippen LogP contribution in [-0.4, -0.2) is 22.8 Å². The number of fused-ring (bicyclic) bond motifs is 1. The average molecular weight is 535 g/mol. The van der Waals surface area contributed by atoms with Crippen molar-refractivity contribution in [2.24, 2.45) is 5.73 Å². The molecule has 5 nitrogen and oxygen atoms in total. The van der Waals surface area contributed by atoms with Gasteiger partial charge >= 0.3 is 0 Å². The lowest BCUT2D eigenvalue weighted by Gasteiger charge is -2.17. The van der Waals surface area contributed by atoms with E-state index in [2.05, 4.69) is 23.5 Å². The fraction of sp³-hybridized carbons (Fsp3) is 0.0800. The van der Waals surface area contributed by atoms with Crippen LogP contribution in [0.1, 0.15) is 5.56 Å². The third-order valence-corrected chi connectivity index (χ3v) is 6.14. The molecule has 2 amide bonds. The highest BCUT2D eigenvalue weighted by Crippen LogP contribution is 2.34. The second-order valence-corrected chi connectivity index (χ2v) is 8.96. The van der Waals surface area contributed by atoms with Crippen LogP contribution in [0, 0.1) is 0 Å². The summed E-state index contributed by atoms with van der Waals surface area (Å²) < 4.78 is 0. The van der Waals surface area contributed by atoms with E-state index in [1.807, 2.05) is 18.2 Å². The largest absolute Gasteiger partial charge is 0.368 e. The number of halogens is 4. The molecule has 3 aromatic rings. The van der Waals surface area contributed by atoms with Crippen molar-refractivity contribution in [3.8, 4) is 11.3 Å². The summed E-state index contributed by atoms with van der Waals surface area (Å²) in [4.78, 5) is 29.3. The molecule has 0 saturated heterocycles. The number of allylic oxidation sites excluding steroid dienone is 2. The number of rotatable bonds is 8. The van der Waals surface area contributed by atoms with E-state index in [0.29, 0.717) is 26.8 Å². The highest BCUT2D eigenvalue weighted by Gasteiger charge is 2.23. The molecule has 2 aromatic carbocycles. The molecule has 0 aliphatic rings. The van der Waals surface area contributed by atoms with Crippen LogP contribution >= 0.6 is 46.4 Å². The van der Waals surface area contributed by atoms with Crippen molar-refractivity contribution >= 4 is 69.1 Å². The first-order chi connectivity index (χ1) is 16.1. The highest BCUT2D eigenvalue weighted by atomic mass is 35.5. The van der Waals surface area contributed by atoms with E-state index in [1.54, 1.807) is 30.3 Å². The van der Waals surface area contributed by atoms with Gasteiger partial charge in [-0.05, 0) is 42.0 Å². The van der Waals surface area contributed by atoms with Crippen LogP contribution in [0.4, 0.5) is 0 Å². The molecule has 0 aliphatic carbocycles. The zero-order valence-corrected chi connectivity index (χ0v) is 20.8. The molecule has 0 spiro atoms. The molecule has 0 saturated carbocycles. The summed E-state index contributed by atoms with van der Waals surface area (Å²) in [6.07, 6.45) is 1.40. The first kappa shape index (κ1) is 25.8. The van der Waals surface area contributed by atoms with Crippen molar-refractivity contribution < 1.29 is 9.59 Å². The van der Waals surface area contributed by atoms with Crippen molar-refractivity contribution in [3.05, 3.63) is 99.0 Å². The summed E-state index contributed by atoms with van der Waals surface area (Å²) in [5, 5.41) is 4.30. The third kappa shape index (κ3) is 5.80. The molecule has 0 radical (unpaired) electrons. The summed E-state index contributed by atoms with van der Waals surface area (Å²) in [5.74, 6) is -1.40. The van der Waals surface area contributed by atoms with Crippen LogP contribution < -0.4 is 11.1 Å². The van der Waals surface area contributed by atoms with Gasteiger partial charge in [0.05, 0.1) is 31.9 Å². The van der Waals surface area contributed by atoms with Gasteiger partial charge in [-0.2, -0.15) is 0 Å². The maximum absolute atomic E-state index is 12.6. The average Bonchev–Trinajstić information content (AvgIpc) is 2.78. The Bertz CT molecular complexity index is 1330. The van der Waals surface area contributed by atoms with Crippen LogP contribution in [-0.2, 0) is 16.0 Å². The van der Waals surface area contributed by atoms with Crippen molar-refractivity contribution in [3.63, 3.8) is 0 Å². The fourth-order valence-electron chi connectivity index (χ4n) is 3.34. The zero-order chi connectivity index (χ0) is 25.0. The van der Waals surface area contributed by atoms with E-state index in [9.17, 15) is 9.59 Å². The molecule has 9 heteroatoms. The Balaban J connectivity index is 1.88. The number of benzene rings is 2. The number of nitrogens with zero attached hydrogens (tertiary/aromatic N) is 1. The Morgan fingerprint density at radius 2 is 1.76 bits per heavy atom. The van der Waals surface area contributed by atoms with E-state index in [-0.39, 0.29) is 22.1 Å². The minimum Gasteiger partial charge on any atom is -0.368 e. The van der Waals surface area contributed by atoms with E-state index in [0.717, 1.165) is 10.9 Å². The second kappa shape index (κ2) is 11.1. The number of nitrogens with one attached hydrogen (secondary N) is 1. The Morgan fingerprint density at radius 3 is 2.35 bits per heavy atom. The molecule has 1 heterocycles. The summed E-state index contributed by atoms with van der Waals surface area (Å²) >= 11 is 24.5. The van der Waals surface area contributed by atoms with Gasteiger partial charge in [-0.1, -0.05) is 77.8 Å². The highest BCUT2D eigenvalue weighted by molar-refractivity contribution is 6.40. The molecule has 1 unspecified atom stereocenters. The standard InChI is InChI=1S/C25H19Cl4N3O2/c1-3-16(27)22(13(2)26)25(34)32-21(24(30)33)12-14-7-9-19-15(11-14)8-10-20(31-19)23-17(28)5-4-6-18(23)29/h3-11,21H,1-2,12H2,(H2,30,33)(H,32,34)/b22-16-. The minimum atomic E-state index is -1.01. The van der Waals surface area contributed by atoms with Crippen LogP contribution in [0.15, 0.2) is 83.4 Å². The summed E-state index contributed by atoms with van der Waals surface area (Å²) in [6.45, 7) is 7.04. The van der Waals surface area contributed by atoms with Crippen molar-refractivity contribution in [1.82, 2.24) is 10.3 Å². The smallest absolute Gasteiger partial charge is 0.254 e. The van der Waals surface area contributed by atoms with Crippen LogP contribution in [0.2, 0.25) is 10.0 Å². The van der Waals surface area contributed by atoms with Crippen molar-refractivity contribution in [1.29, 1.82) is 0 Å². The summed E-state index contributed by atoms with van der Waals surface area (Å²) in [5.41, 5.74) is 8.19. The maximum atomic E-state index is 12.6. The van der Waals surface area contributed by atoms with E-state index >= 15 is 0 Å². The fourth-order valence-corrected chi connectivity index (χ4v) is 4.36. The number of hydrogen-bond donors (Lipinski definition) is 2. The first-order valence-electron chi connectivity index (χ1n) is 9.93. The number of aromatic nitrogens is 1. The van der Waals surface area contributed by atoms with Gasteiger partial charge in [-0.25, -0.2) is 4.98 Å². The zero-order valence-electron chi connectivity index (χ0n) is 17.7. The molecule has 1 atom stereocenters. The second-order valence-electron chi connectivity index (χ2n) is 7.28. The molecule has 0 aliphatic heterocycles. The Kier molecular flexibility index (Phi) is 8.39. The first-order valence-corrected chi connectivity index (χ1v) is 11.4. The van der Waals surface area contributed by atoms with Crippen molar-refractivity contribution in [2.75, 3.05) is 0 Å². The Morgan fingerprint density at radius 1 is 1.09 bits per heavy atom. The molecular formula is C25H19Cl4N3O2. The molecule has 0 fully saturated rings. The quantitative estimate of drug-likeness (QED) is 0.268. The van der Waals surface area contributed by atoms with Gasteiger partial charge in [0.2, 0.25) is 5.91 Å². The van der Waals surface area contributed by atoms with Gasteiger partial charge in [-0.3, -0.25) is 9.59 Å². The number of primary amides is 1. The van der Waals surface area contributed by atoms with Gasteiger partial charge in [0.15, 0.2) is 0 Å². The number of pyridine rings is 1. The topological polar surface area (TPSA) is 85.1 Å². The molecule has 1 aromatic heterocycles. The van der Waals surface area contributed by atoms with Gasteiger partial charge in [-0.15, -0.1) is 0 Å². The van der Waals surface area contributed by atoms with Gasteiger partial charge in [0, 0.05) is 22.4 Å². The lowest BCUT2D eigenvalue weighted by molar-refractivity contribution is -0.125. The number of hydrogen-bond acceptors (Lipinski definition) is 3. The van der Waals surface area contributed by atoms with Crippen LogP contribution in [0.5, 0.6) is 0 Å². The lowest BCUT2D eigenvalue weighted by atomic mass is 10.0. The Labute approximate surface area is 216 Å². The number of amides is 2. The van der Waals surface area contributed by atoms with E-state index < -0.39 is 17.9 Å².